The molecule has 2 unspecified atom stereocenters. The van der Waals surface area contributed by atoms with E-state index in [9.17, 15) is 9.90 Å². The van der Waals surface area contributed by atoms with Crippen molar-refractivity contribution in [1.29, 1.82) is 0 Å². The molecule has 2 heterocycles. The van der Waals surface area contributed by atoms with Crippen LogP contribution in [0.25, 0.3) is 0 Å². The second-order valence-corrected chi connectivity index (χ2v) is 4.72. The van der Waals surface area contributed by atoms with Crippen LogP contribution in [-0.4, -0.2) is 34.8 Å². The number of carbonyl (C=O) groups is 1. The normalized spacial score (nSPS) is 23.1. The van der Waals surface area contributed by atoms with Crippen LogP contribution in [0.3, 0.4) is 0 Å². The van der Waals surface area contributed by atoms with Gasteiger partial charge in [0.25, 0.3) is 0 Å². The summed E-state index contributed by atoms with van der Waals surface area (Å²) in [6, 6.07) is 1.90. The predicted molar refractivity (Wildman–Crippen MR) is 68.1 cm³/mol. The van der Waals surface area contributed by atoms with Gasteiger partial charge in [0, 0.05) is 12.3 Å². The molecule has 2 rings (SSSR count). The van der Waals surface area contributed by atoms with Gasteiger partial charge in [0.2, 0.25) is 0 Å². The second kappa shape index (κ2) is 4.94. The summed E-state index contributed by atoms with van der Waals surface area (Å²) in [6.45, 7) is 6.33. The molecule has 0 spiro atoms. The monoisotopic (exact) mass is 250 g/mol. The molecule has 0 saturated carbocycles. The quantitative estimate of drug-likeness (QED) is 0.858. The Hall–Kier alpha value is -1.62. The fourth-order valence-electron chi connectivity index (χ4n) is 2.31. The molecule has 2 atom stereocenters. The van der Waals surface area contributed by atoms with E-state index >= 15 is 0 Å². The van der Waals surface area contributed by atoms with Crippen molar-refractivity contribution >= 4 is 11.8 Å². The first-order valence-corrected chi connectivity index (χ1v) is 6.08. The van der Waals surface area contributed by atoms with Gasteiger partial charge in [-0.1, -0.05) is 0 Å². The lowest BCUT2D eigenvalue weighted by molar-refractivity contribution is 0.0696. The molecule has 1 aromatic heterocycles. The van der Waals surface area contributed by atoms with Crippen molar-refractivity contribution in [2.24, 2.45) is 0 Å². The highest BCUT2D eigenvalue weighted by molar-refractivity contribution is 5.94. The van der Waals surface area contributed by atoms with E-state index in [1.165, 1.54) is 0 Å². The van der Waals surface area contributed by atoms with Crippen LogP contribution in [0.1, 0.15) is 35.0 Å². The van der Waals surface area contributed by atoms with Gasteiger partial charge in [0.1, 0.15) is 11.4 Å². The van der Waals surface area contributed by atoms with Gasteiger partial charge in [0.05, 0.1) is 12.1 Å². The molecule has 1 fully saturated rings. The van der Waals surface area contributed by atoms with Crippen LogP contribution < -0.4 is 5.32 Å². The maximum atomic E-state index is 11.3. The highest BCUT2D eigenvalue weighted by atomic mass is 16.5. The van der Waals surface area contributed by atoms with Crippen molar-refractivity contribution in [2.75, 3.05) is 11.9 Å². The predicted octanol–water partition coefficient (Wildman–Crippen LogP) is 1.99. The summed E-state index contributed by atoms with van der Waals surface area (Å²) in [4.78, 5) is 15.6. The van der Waals surface area contributed by atoms with Gasteiger partial charge < -0.3 is 15.2 Å². The first-order valence-electron chi connectivity index (χ1n) is 6.08. The standard InChI is InChI=1S/C13H18N2O3/c1-7-6-8(2)14-12(11(7)13(16)17)15-10-4-5-18-9(10)3/h6,9-10H,4-5H2,1-3H3,(H,14,15)(H,16,17). The van der Waals surface area contributed by atoms with E-state index in [-0.39, 0.29) is 17.7 Å². The van der Waals surface area contributed by atoms with Gasteiger partial charge in [-0.3, -0.25) is 0 Å². The number of hydrogen-bond donors (Lipinski definition) is 2. The van der Waals surface area contributed by atoms with E-state index in [0.717, 1.165) is 17.7 Å². The Kier molecular flexibility index (Phi) is 3.52. The zero-order chi connectivity index (χ0) is 13.3. The van der Waals surface area contributed by atoms with Crippen molar-refractivity contribution in [3.8, 4) is 0 Å². The molecule has 5 heteroatoms. The Morgan fingerprint density at radius 1 is 1.56 bits per heavy atom. The number of aromatic carboxylic acids is 1. The van der Waals surface area contributed by atoms with Crippen LogP contribution >= 0.6 is 0 Å². The topological polar surface area (TPSA) is 71.5 Å². The Balaban J connectivity index is 2.33. The lowest BCUT2D eigenvalue weighted by Gasteiger charge is -2.19. The average Bonchev–Trinajstić information content (AvgIpc) is 2.62. The molecule has 1 saturated heterocycles. The van der Waals surface area contributed by atoms with Crippen LogP contribution in [0.5, 0.6) is 0 Å². The van der Waals surface area contributed by atoms with Gasteiger partial charge in [0.15, 0.2) is 0 Å². The van der Waals surface area contributed by atoms with Gasteiger partial charge in [-0.15, -0.1) is 0 Å². The molecule has 98 valence electrons. The summed E-state index contributed by atoms with van der Waals surface area (Å²) in [5.74, 6) is -0.503. The van der Waals surface area contributed by atoms with E-state index in [4.69, 9.17) is 4.74 Å². The van der Waals surface area contributed by atoms with Crippen LogP contribution in [-0.2, 0) is 4.74 Å². The van der Waals surface area contributed by atoms with Crippen LogP contribution in [0, 0.1) is 13.8 Å². The second-order valence-electron chi connectivity index (χ2n) is 4.72. The minimum absolute atomic E-state index is 0.0780. The zero-order valence-electron chi connectivity index (χ0n) is 10.9. The van der Waals surface area contributed by atoms with E-state index in [2.05, 4.69) is 10.3 Å². The molecule has 2 N–H and O–H groups in total. The SMILES string of the molecule is Cc1cc(C)c(C(=O)O)c(NC2CCOC2C)n1. The Labute approximate surface area is 106 Å². The third kappa shape index (κ3) is 2.46. The van der Waals surface area contributed by atoms with Crippen molar-refractivity contribution in [3.63, 3.8) is 0 Å². The van der Waals surface area contributed by atoms with Crippen LogP contribution in [0.4, 0.5) is 5.82 Å². The molecule has 0 bridgehead atoms. The van der Waals surface area contributed by atoms with E-state index in [1.807, 2.05) is 13.8 Å². The third-order valence-electron chi connectivity index (χ3n) is 3.26. The molecule has 5 nitrogen and oxygen atoms in total. The molecule has 18 heavy (non-hydrogen) atoms. The maximum absolute atomic E-state index is 11.3. The first-order chi connectivity index (χ1) is 8.49. The van der Waals surface area contributed by atoms with Gasteiger partial charge in [-0.25, -0.2) is 9.78 Å². The number of hydrogen-bond acceptors (Lipinski definition) is 4. The number of aromatic nitrogens is 1. The summed E-state index contributed by atoms with van der Waals surface area (Å²) in [5.41, 5.74) is 1.79. The maximum Gasteiger partial charge on any atom is 0.339 e. The lowest BCUT2D eigenvalue weighted by atomic mass is 10.1. The van der Waals surface area contributed by atoms with Crippen molar-refractivity contribution in [1.82, 2.24) is 4.98 Å². The highest BCUT2D eigenvalue weighted by Crippen LogP contribution is 2.23. The lowest BCUT2D eigenvalue weighted by Crippen LogP contribution is -2.28. The summed E-state index contributed by atoms with van der Waals surface area (Å²) in [6.07, 6.45) is 0.948. The molecule has 1 aliphatic heterocycles. The van der Waals surface area contributed by atoms with Crippen molar-refractivity contribution in [3.05, 3.63) is 22.9 Å². The molecule has 1 aliphatic rings. The number of rotatable bonds is 3. The van der Waals surface area contributed by atoms with E-state index in [0.29, 0.717) is 12.4 Å². The molecule has 0 radical (unpaired) electrons. The highest BCUT2D eigenvalue weighted by Gasteiger charge is 2.26. The first kappa shape index (κ1) is 12.8. The van der Waals surface area contributed by atoms with E-state index < -0.39 is 5.97 Å². The number of aryl methyl sites for hydroxylation is 2. The Morgan fingerprint density at radius 2 is 2.28 bits per heavy atom. The number of anilines is 1. The van der Waals surface area contributed by atoms with Gasteiger partial charge >= 0.3 is 5.97 Å². The molecular formula is C13H18N2O3. The van der Waals surface area contributed by atoms with Crippen molar-refractivity contribution < 1.29 is 14.6 Å². The fourth-order valence-corrected chi connectivity index (χ4v) is 2.31. The van der Waals surface area contributed by atoms with E-state index in [1.54, 1.807) is 13.0 Å². The number of carboxylic acids is 1. The average molecular weight is 250 g/mol. The molecular weight excluding hydrogens is 232 g/mol. The third-order valence-corrected chi connectivity index (χ3v) is 3.26. The Bertz CT molecular complexity index is 474. The largest absolute Gasteiger partial charge is 0.478 e. The number of carboxylic acid groups (broad SMARTS) is 1. The summed E-state index contributed by atoms with van der Waals surface area (Å²) in [5, 5.41) is 12.5. The number of pyridine rings is 1. The molecule has 0 amide bonds. The minimum atomic E-state index is -0.950. The number of ether oxygens (including phenoxy) is 1. The van der Waals surface area contributed by atoms with Crippen molar-refractivity contribution in [2.45, 2.75) is 39.3 Å². The molecule has 0 aromatic carbocycles. The number of nitrogens with zero attached hydrogens (tertiary/aromatic N) is 1. The molecule has 1 aromatic rings. The summed E-state index contributed by atoms with van der Waals surface area (Å²) >= 11 is 0. The smallest absolute Gasteiger partial charge is 0.339 e. The summed E-state index contributed by atoms with van der Waals surface area (Å²) in [7, 11) is 0. The van der Waals surface area contributed by atoms with Crippen LogP contribution in [0.15, 0.2) is 6.07 Å². The summed E-state index contributed by atoms with van der Waals surface area (Å²) < 4.78 is 5.46. The zero-order valence-corrected chi connectivity index (χ0v) is 10.9. The molecule has 0 aliphatic carbocycles. The number of nitrogens with one attached hydrogen (secondary N) is 1. The fraction of sp³-hybridized carbons (Fsp3) is 0.538. The minimum Gasteiger partial charge on any atom is -0.478 e. The van der Waals surface area contributed by atoms with Gasteiger partial charge in [-0.05, 0) is 38.8 Å². The van der Waals surface area contributed by atoms with Crippen LogP contribution in [0.2, 0.25) is 0 Å². The Morgan fingerprint density at radius 3 is 2.83 bits per heavy atom. The van der Waals surface area contributed by atoms with Gasteiger partial charge in [-0.2, -0.15) is 0 Å².